The van der Waals surface area contributed by atoms with Crippen LogP contribution in [0.25, 0.3) is 0 Å². The molecule has 1 atom stereocenters. The molecule has 0 unspecified atom stereocenters. The van der Waals surface area contributed by atoms with Crippen molar-refractivity contribution >= 4 is 33.4 Å². The van der Waals surface area contributed by atoms with Crippen molar-refractivity contribution in [3.63, 3.8) is 0 Å². The molecule has 0 spiro atoms. The van der Waals surface area contributed by atoms with Crippen LogP contribution in [0.15, 0.2) is 34.3 Å². The highest BCUT2D eigenvalue weighted by Gasteiger charge is 2.37. The highest BCUT2D eigenvalue weighted by atomic mass is 32.2. The van der Waals surface area contributed by atoms with Crippen molar-refractivity contribution in [3.05, 3.63) is 30.1 Å². The first-order valence-corrected chi connectivity index (χ1v) is 13.3. The molecule has 1 aromatic heterocycles. The van der Waals surface area contributed by atoms with E-state index in [0.717, 1.165) is 36.7 Å². The Morgan fingerprint density at radius 2 is 1.77 bits per heavy atom. The fourth-order valence-electron chi connectivity index (χ4n) is 3.91. The molecular formula is C21H27N5O3S2. The van der Waals surface area contributed by atoms with Crippen LogP contribution in [0.3, 0.4) is 0 Å². The number of rotatable bonds is 8. The summed E-state index contributed by atoms with van der Waals surface area (Å²) in [5.74, 6) is 1.47. The summed E-state index contributed by atoms with van der Waals surface area (Å²) in [5.41, 5.74) is 0.583. The Labute approximate surface area is 186 Å². The van der Waals surface area contributed by atoms with E-state index >= 15 is 0 Å². The fraction of sp³-hybridized carbons (Fsp3) is 0.571. The number of hydrogen-bond acceptors (Lipinski definition) is 6. The summed E-state index contributed by atoms with van der Waals surface area (Å²) in [6.07, 6.45) is 6.46. The summed E-state index contributed by atoms with van der Waals surface area (Å²) < 4.78 is 29.1. The Balaban J connectivity index is 1.23. The molecule has 1 aromatic carbocycles. The number of aromatic nitrogens is 3. The van der Waals surface area contributed by atoms with Crippen molar-refractivity contribution in [2.45, 2.75) is 72.7 Å². The predicted molar refractivity (Wildman–Crippen MR) is 119 cm³/mol. The third kappa shape index (κ3) is 4.38. The van der Waals surface area contributed by atoms with Gasteiger partial charge in [-0.2, -0.15) is 4.31 Å². The van der Waals surface area contributed by atoms with Gasteiger partial charge >= 0.3 is 0 Å². The normalized spacial score (nSPS) is 20.7. The third-order valence-corrected chi connectivity index (χ3v) is 8.99. The molecule has 10 heteroatoms. The summed E-state index contributed by atoms with van der Waals surface area (Å²) in [4.78, 5) is 13.0. The van der Waals surface area contributed by atoms with Gasteiger partial charge in [-0.3, -0.25) is 4.79 Å². The smallest absolute Gasteiger partial charge is 0.243 e. The summed E-state index contributed by atoms with van der Waals surface area (Å²) in [6, 6.07) is 6.90. The number of carbonyl (C=O) groups excluding carboxylic acids is 1. The number of benzene rings is 1. The second-order valence-corrected chi connectivity index (χ2v) is 11.8. The van der Waals surface area contributed by atoms with E-state index < -0.39 is 10.0 Å². The van der Waals surface area contributed by atoms with E-state index in [1.807, 2.05) is 6.92 Å². The van der Waals surface area contributed by atoms with Crippen LogP contribution in [-0.4, -0.2) is 51.7 Å². The molecule has 2 saturated carbocycles. The lowest BCUT2D eigenvalue weighted by Gasteiger charge is -2.16. The summed E-state index contributed by atoms with van der Waals surface area (Å²) in [5, 5.41) is 12.1. The lowest BCUT2D eigenvalue weighted by atomic mass is 10.3. The van der Waals surface area contributed by atoms with Crippen molar-refractivity contribution in [1.29, 1.82) is 0 Å². The van der Waals surface area contributed by atoms with Crippen molar-refractivity contribution in [1.82, 2.24) is 19.1 Å². The molecule has 31 heavy (non-hydrogen) atoms. The van der Waals surface area contributed by atoms with Crippen molar-refractivity contribution < 1.29 is 13.2 Å². The van der Waals surface area contributed by atoms with Gasteiger partial charge < -0.3 is 9.88 Å². The number of carbonyl (C=O) groups is 1. The molecule has 0 radical (unpaired) electrons. The van der Waals surface area contributed by atoms with Gasteiger partial charge in [0.1, 0.15) is 5.82 Å². The van der Waals surface area contributed by atoms with Gasteiger partial charge in [0.15, 0.2) is 5.16 Å². The van der Waals surface area contributed by atoms with Crippen LogP contribution < -0.4 is 5.32 Å². The Kier molecular flexibility index (Phi) is 5.56. The average Bonchev–Trinajstić information content (AvgIpc) is 3.68. The molecule has 8 nitrogen and oxygen atoms in total. The van der Waals surface area contributed by atoms with Crippen LogP contribution in [0.5, 0.6) is 0 Å². The lowest BCUT2D eigenvalue weighted by Crippen LogP contribution is -2.27. The molecule has 3 fully saturated rings. The average molecular weight is 462 g/mol. The number of hydrogen-bond donors (Lipinski definition) is 1. The highest BCUT2D eigenvalue weighted by molar-refractivity contribution is 8.00. The van der Waals surface area contributed by atoms with Crippen molar-refractivity contribution in [2.75, 3.05) is 18.4 Å². The quantitative estimate of drug-likeness (QED) is 0.605. The first-order chi connectivity index (χ1) is 14.9. The number of nitrogens with zero attached hydrogens (tertiary/aromatic N) is 4. The number of anilines is 1. The molecular weight excluding hydrogens is 434 g/mol. The van der Waals surface area contributed by atoms with E-state index in [-0.39, 0.29) is 16.1 Å². The molecule has 2 heterocycles. The summed E-state index contributed by atoms with van der Waals surface area (Å²) in [6.45, 7) is 3.00. The van der Waals surface area contributed by atoms with Crippen LogP contribution in [0.2, 0.25) is 0 Å². The zero-order chi connectivity index (χ0) is 21.6. The van der Waals surface area contributed by atoms with Gasteiger partial charge in [0.2, 0.25) is 15.9 Å². The van der Waals surface area contributed by atoms with Gasteiger partial charge in [-0.1, -0.05) is 11.8 Å². The molecule has 1 aliphatic heterocycles. The van der Waals surface area contributed by atoms with Crippen LogP contribution in [0.1, 0.15) is 63.2 Å². The topological polar surface area (TPSA) is 97.2 Å². The monoisotopic (exact) mass is 461 g/mol. The van der Waals surface area contributed by atoms with Gasteiger partial charge in [0, 0.05) is 30.7 Å². The van der Waals surface area contributed by atoms with Crippen LogP contribution in [0.4, 0.5) is 5.69 Å². The van der Waals surface area contributed by atoms with Crippen molar-refractivity contribution in [3.8, 4) is 0 Å². The van der Waals surface area contributed by atoms with Gasteiger partial charge in [-0.05, 0) is 69.7 Å². The second kappa shape index (κ2) is 8.22. The molecule has 1 amide bonds. The Hall–Kier alpha value is -1.91. The largest absolute Gasteiger partial charge is 0.325 e. The predicted octanol–water partition coefficient (Wildman–Crippen LogP) is 3.39. The van der Waals surface area contributed by atoms with Crippen molar-refractivity contribution in [2.24, 2.45) is 0 Å². The van der Waals surface area contributed by atoms with Gasteiger partial charge in [-0.15, -0.1) is 10.2 Å². The highest BCUT2D eigenvalue weighted by Crippen LogP contribution is 2.46. The molecule has 1 N–H and O–H groups in total. The minimum Gasteiger partial charge on any atom is -0.325 e. The number of nitrogens with one attached hydrogen (secondary N) is 1. The molecule has 5 rings (SSSR count). The Bertz CT molecular complexity index is 1070. The summed E-state index contributed by atoms with van der Waals surface area (Å²) >= 11 is 1.43. The molecule has 3 aliphatic rings. The van der Waals surface area contributed by atoms with Gasteiger partial charge in [0.05, 0.1) is 10.1 Å². The minimum absolute atomic E-state index is 0.140. The molecule has 2 aromatic rings. The van der Waals surface area contributed by atoms with E-state index in [4.69, 9.17) is 0 Å². The first-order valence-electron chi connectivity index (χ1n) is 11.0. The number of thioether (sulfide) groups is 1. The molecule has 0 bridgehead atoms. The maximum atomic E-state index is 12.7. The molecule has 1 saturated heterocycles. The SMILES string of the molecule is C[C@H](Sc1nnc(C2CC2)n1C1CC1)C(=O)Nc1ccc(S(=O)(=O)N2CCCC2)cc1. The summed E-state index contributed by atoms with van der Waals surface area (Å²) in [7, 11) is -3.45. The maximum absolute atomic E-state index is 12.7. The maximum Gasteiger partial charge on any atom is 0.243 e. The molecule has 2 aliphatic carbocycles. The fourth-order valence-corrected chi connectivity index (χ4v) is 6.35. The number of amides is 1. The Morgan fingerprint density at radius 1 is 1.10 bits per heavy atom. The third-order valence-electron chi connectivity index (χ3n) is 6.02. The zero-order valence-corrected chi connectivity index (χ0v) is 19.2. The van der Waals surface area contributed by atoms with E-state index in [2.05, 4.69) is 20.1 Å². The van der Waals surface area contributed by atoms with Gasteiger partial charge in [0.25, 0.3) is 0 Å². The lowest BCUT2D eigenvalue weighted by molar-refractivity contribution is -0.115. The van der Waals surface area contributed by atoms with E-state index in [0.29, 0.717) is 30.7 Å². The zero-order valence-electron chi connectivity index (χ0n) is 17.5. The van der Waals surface area contributed by atoms with Crippen LogP contribution >= 0.6 is 11.8 Å². The van der Waals surface area contributed by atoms with Gasteiger partial charge in [-0.25, -0.2) is 8.42 Å². The number of sulfonamides is 1. The molecule has 166 valence electrons. The van der Waals surface area contributed by atoms with E-state index in [1.165, 1.54) is 28.9 Å². The first kappa shape index (κ1) is 21.0. The van der Waals surface area contributed by atoms with Crippen LogP contribution in [-0.2, 0) is 14.8 Å². The minimum atomic E-state index is -3.45. The van der Waals surface area contributed by atoms with E-state index in [9.17, 15) is 13.2 Å². The Morgan fingerprint density at radius 3 is 2.39 bits per heavy atom. The van der Waals surface area contributed by atoms with E-state index in [1.54, 1.807) is 24.3 Å². The van der Waals surface area contributed by atoms with Crippen LogP contribution in [0, 0.1) is 0 Å². The standard InChI is InChI=1S/C21H27N5O3S2/c1-14(30-21-24-23-19(15-4-5-15)26(21)17-8-9-17)20(27)22-16-6-10-18(11-7-16)31(28,29)25-12-2-3-13-25/h6-7,10-11,14-15,17H,2-5,8-9,12-13H2,1H3,(H,22,27)/t14-/m0/s1. The second-order valence-electron chi connectivity index (χ2n) is 8.60.